The number of para-hydroxylation sites is 1. The van der Waals surface area contributed by atoms with E-state index in [1.54, 1.807) is 0 Å². The molecule has 0 spiro atoms. The number of benzene rings is 1. The molecule has 0 amide bonds. The zero-order valence-corrected chi connectivity index (χ0v) is 12.6. The van der Waals surface area contributed by atoms with Crippen LogP contribution in [0.5, 0.6) is 5.75 Å². The summed E-state index contributed by atoms with van der Waals surface area (Å²) in [6.45, 7) is 8.45. The van der Waals surface area contributed by atoms with Gasteiger partial charge in [-0.05, 0) is 45.5 Å². The van der Waals surface area contributed by atoms with Crippen molar-refractivity contribution in [2.45, 2.75) is 32.7 Å². The Kier molecular flexibility index (Phi) is 8.26. The molecule has 0 saturated carbocycles. The van der Waals surface area contributed by atoms with Crippen molar-refractivity contribution >= 4 is 0 Å². The predicted octanol–water partition coefficient (Wildman–Crippen LogP) is 2.78. The highest BCUT2D eigenvalue weighted by Gasteiger charge is 2.04. The molecular formula is C16H28N2O. The topological polar surface area (TPSA) is 24.5 Å². The molecule has 1 unspecified atom stereocenters. The third kappa shape index (κ3) is 7.19. The Morgan fingerprint density at radius 2 is 1.95 bits per heavy atom. The summed E-state index contributed by atoms with van der Waals surface area (Å²) < 4.78 is 5.64. The number of hydrogen-bond acceptors (Lipinski definition) is 3. The summed E-state index contributed by atoms with van der Waals surface area (Å²) in [6.07, 6.45) is 2.25. The molecule has 0 aliphatic rings. The van der Waals surface area contributed by atoms with Crippen molar-refractivity contribution in [2.24, 2.45) is 0 Å². The molecule has 1 aromatic rings. The molecule has 0 radical (unpaired) electrons. The highest BCUT2D eigenvalue weighted by molar-refractivity contribution is 5.20. The smallest absolute Gasteiger partial charge is 0.119 e. The maximum atomic E-state index is 5.64. The lowest BCUT2D eigenvalue weighted by atomic mass is 10.2. The van der Waals surface area contributed by atoms with E-state index in [-0.39, 0.29) is 0 Å². The molecule has 1 rings (SSSR count). The fourth-order valence-electron chi connectivity index (χ4n) is 1.82. The third-order valence-electron chi connectivity index (χ3n) is 3.49. The highest BCUT2D eigenvalue weighted by atomic mass is 16.5. The van der Waals surface area contributed by atoms with E-state index in [4.69, 9.17) is 4.74 Å². The van der Waals surface area contributed by atoms with Gasteiger partial charge in [0.15, 0.2) is 0 Å². The summed E-state index contributed by atoms with van der Waals surface area (Å²) in [5.41, 5.74) is 0. The summed E-state index contributed by atoms with van der Waals surface area (Å²) in [6, 6.07) is 10.7. The van der Waals surface area contributed by atoms with E-state index in [1.165, 1.54) is 6.42 Å². The van der Waals surface area contributed by atoms with Crippen molar-refractivity contribution < 1.29 is 4.74 Å². The molecule has 0 heterocycles. The lowest BCUT2D eigenvalue weighted by Crippen LogP contribution is -2.35. The zero-order valence-electron chi connectivity index (χ0n) is 12.6. The first-order valence-corrected chi connectivity index (χ1v) is 7.32. The summed E-state index contributed by atoms with van der Waals surface area (Å²) in [4.78, 5) is 2.40. The fraction of sp³-hybridized carbons (Fsp3) is 0.625. The van der Waals surface area contributed by atoms with Gasteiger partial charge in [0.2, 0.25) is 0 Å². The average Bonchev–Trinajstić information content (AvgIpc) is 2.46. The number of nitrogens with one attached hydrogen (secondary N) is 1. The molecule has 108 valence electrons. The zero-order chi connectivity index (χ0) is 13.9. The van der Waals surface area contributed by atoms with Gasteiger partial charge in [0.25, 0.3) is 0 Å². The van der Waals surface area contributed by atoms with Crippen LogP contribution in [0.15, 0.2) is 30.3 Å². The van der Waals surface area contributed by atoms with Crippen LogP contribution in [0.2, 0.25) is 0 Å². The molecule has 0 bridgehead atoms. The minimum atomic E-state index is 0.670. The molecular weight excluding hydrogens is 236 g/mol. The quantitative estimate of drug-likeness (QED) is 0.658. The Bertz CT molecular complexity index is 316. The van der Waals surface area contributed by atoms with Crippen LogP contribution in [0.1, 0.15) is 26.7 Å². The Balaban J connectivity index is 1.94. The van der Waals surface area contributed by atoms with Gasteiger partial charge >= 0.3 is 0 Å². The van der Waals surface area contributed by atoms with Crippen molar-refractivity contribution in [1.82, 2.24) is 10.2 Å². The molecule has 1 atom stereocenters. The lowest BCUT2D eigenvalue weighted by Gasteiger charge is -2.23. The number of hydrogen-bond donors (Lipinski definition) is 1. The van der Waals surface area contributed by atoms with Crippen LogP contribution in [0.4, 0.5) is 0 Å². The van der Waals surface area contributed by atoms with E-state index < -0.39 is 0 Å². The van der Waals surface area contributed by atoms with Crippen LogP contribution < -0.4 is 10.1 Å². The SMILES string of the molecule is CCC(C)N(C)CCNCCCOc1ccccc1. The monoisotopic (exact) mass is 264 g/mol. The third-order valence-corrected chi connectivity index (χ3v) is 3.49. The highest BCUT2D eigenvalue weighted by Crippen LogP contribution is 2.07. The molecule has 19 heavy (non-hydrogen) atoms. The Morgan fingerprint density at radius 3 is 2.63 bits per heavy atom. The minimum absolute atomic E-state index is 0.670. The molecule has 3 heteroatoms. The fourth-order valence-corrected chi connectivity index (χ4v) is 1.82. The molecule has 1 aromatic carbocycles. The number of ether oxygens (including phenoxy) is 1. The first-order chi connectivity index (χ1) is 9.24. The van der Waals surface area contributed by atoms with E-state index in [0.29, 0.717) is 6.04 Å². The van der Waals surface area contributed by atoms with E-state index >= 15 is 0 Å². The summed E-state index contributed by atoms with van der Waals surface area (Å²) >= 11 is 0. The maximum absolute atomic E-state index is 5.64. The molecule has 0 aliphatic heterocycles. The molecule has 3 nitrogen and oxygen atoms in total. The van der Waals surface area contributed by atoms with Gasteiger partial charge in [0, 0.05) is 19.1 Å². The van der Waals surface area contributed by atoms with Gasteiger partial charge in [-0.2, -0.15) is 0 Å². The lowest BCUT2D eigenvalue weighted by molar-refractivity contribution is 0.250. The van der Waals surface area contributed by atoms with Crippen LogP contribution in [0.3, 0.4) is 0 Å². The van der Waals surface area contributed by atoms with Crippen LogP contribution in [-0.2, 0) is 0 Å². The van der Waals surface area contributed by atoms with E-state index in [0.717, 1.165) is 38.4 Å². The summed E-state index contributed by atoms with van der Waals surface area (Å²) in [5.74, 6) is 0.957. The van der Waals surface area contributed by atoms with Gasteiger partial charge in [0.1, 0.15) is 5.75 Å². The summed E-state index contributed by atoms with van der Waals surface area (Å²) in [5, 5.41) is 3.46. The molecule has 1 N–H and O–H groups in total. The second-order valence-electron chi connectivity index (χ2n) is 5.00. The Hall–Kier alpha value is -1.06. The van der Waals surface area contributed by atoms with Gasteiger partial charge < -0.3 is 15.0 Å². The average molecular weight is 264 g/mol. The van der Waals surface area contributed by atoms with E-state index in [1.807, 2.05) is 30.3 Å². The van der Waals surface area contributed by atoms with Gasteiger partial charge in [-0.15, -0.1) is 0 Å². The van der Waals surface area contributed by atoms with Crippen molar-refractivity contribution in [2.75, 3.05) is 33.3 Å². The normalized spacial score (nSPS) is 12.6. The van der Waals surface area contributed by atoms with E-state index in [9.17, 15) is 0 Å². The molecule has 0 aliphatic carbocycles. The number of nitrogens with zero attached hydrogens (tertiary/aromatic N) is 1. The first-order valence-electron chi connectivity index (χ1n) is 7.32. The standard InChI is InChI=1S/C16H28N2O/c1-4-15(2)18(3)13-12-17-11-8-14-19-16-9-6-5-7-10-16/h5-7,9-10,15,17H,4,8,11-14H2,1-3H3. The van der Waals surface area contributed by atoms with Crippen LogP contribution in [-0.4, -0.2) is 44.2 Å². The minimum Gasteiger partial charge on any atom is -0.494 e. The predicted molar refractivity (Wildman–Crippen MR) is 81.8 cm³/mol. The van der Waals surface area contributed by atoms with Crippen molar-refractivity contribution in [1.29, 1.82) is 0 Å². The molecule has 0 saturated heterocycles. The van der Waals surface area contributed by atoms with Crippen LogP contribution >= 0.6 is 0 Å². The maximum Gasteiger partial charge on any atom is 0.119 e. The van der Waals surface area contributed by atoms with Crippen LogP contribution in [0.25, 0.3) is 0 Å². The second-order valence-corrected chi connectivity index (χ2v) is 5.00. The number of rotatable bonds is 10. The molecule has 0 aromatic heterocycles. The number of likely N-dealkylation sites (N-methyl/N-ethyl adjacent to an activating group) is 1. The van der Waals surface area contributed by atoms with Gasteiger partial charge in [-0.25, -0.2) is 0 Å². The first kappa shape index (κ1) is 16.0. The van der Waals surface area contributed by atoms with Crippen molar-refractivity contribution in [3.8, 4) is 5.75 Å². The largest absolute Gasteiger partial charge is 0.494 e. The molecule has 0 fully saturated rings. The van der Waals surface area contributed by atoms with Crippen molar-refractivity contribution in [3.05, 3.63) is 30.3 Å². The van der Waals surface area contributed by atoms with Gasteiger partial charge in [-0.3, -0.25) is 0 Å². The van der Waals surface area contributed by atoms with Crippen molar-refractivity contribution in [3.63, 3.8) is 0 Å². The van der Waals surface area contributed by atoms with E-state index in [2.05, 4.69) is 31.1 Å². The van der Waals surface area contributed by atoms with Gasteiger partial charge in [-0.1, -0.05) is 25.1 Å². The van der Waals surface area contributed by atoms with Gasteiger partial charge in [0.05, 0.1) is 6.61 Å². The summed E-state index contributed by atoms with van der Waals surface area (Å²) in [7, 11) is 2.19. The second kappa shape index (κ2) is 9.82. The Morgan fingerprint density at radius 1 is 1.21 bits per heavy atom. The van der Waals surface area contributed by atoms with Crippen LogP contribution in [0, 0.1) is 0 Å². The Labute approximate surface area is 118 Å².